The van der Waals surface area contributed by atoms with Gasteiger partial charge < -0.3 is 10.4 Å². The summed E-state index contributed by atoms with van der Waals surface area (Å²) in [6.07, 6.45) is 0. The van der Waals surface area contributed by atoms with Crippen LogP contribution >= 0.6 is 34.4 Å². The van der Waals surface area contributed by atoms with Crippen molar-refractivity contribution in [3.8, 4) is 6.07 Å². The van der Waals surface area contributed by atoms with E-state index in [2.05, 4.69) is 40.4 Å². The molecule has 0 saturated carbocycles. The van der Waals surface area contributed by atoms with E-state index < -0.39 is 0 Å². The third-order valence-electron chi connectivity index (χ3n) is 3.31. The zero-order valence-electron chi connectivity index (χ0n) is 14.3. The predicted molar refractivity (Wildman–Crippen MR) is 109 cm³/mol. The van der Waals surface area contributed by atoms with Crippen molar-refractivity contribution in [2.24, 2.45) is 5.92 Å². The number of anilines is 1. The van der Waals surface area contributed by atoms with E-state index in [1.807, 2.05) is 24.3 Å². The first-order valence-electron chi connectivity index (χ1n) is 7.95. The van der Waals surface area contributed by atoms with E-state index in [9.17, 15) is 10.4 Å². The quantitative estimate of drug-likeness (QED) is 0.332. The topological polar surface area (TPSA) is 94.7 Å². The number of nitrogens with one attached hydrogen (secondary N) is 1. The van der Waals surface area contributed by atoms with Gasteiger partial charge in [0, 0.05) is 6.54 Å². The van der Waals surface area contributed by atoms with Gasteiger partial charge in [0.2, 0.25) is 5.13 Å². The van der Waals surface area contributed by atoms with Gasteiger partial charge in [0.1, 0.15) is 22.4 Å². The number of hydrogen-bond acceptors (Lipinski definition) is 9. The molecule has 9 heteroatoms. The Labute approximate surface area is 163 Å². The highest BCUT2D eigenvalue weighted by Gasteiger charge is 2.15. The lowest BCUT2D eigenvalue weighted by Gasteiger charge is -2.03. The molecule has 0 aliphatic heterocycles. The van der Waals surface area contributed by atoms with Crippen molar-refractivity contribution in [3.05, 3.63) is 35.0 Å². The molecule has 1 aromatic carbocycles. The van der Waals surface area contributed by atoms with Crippen LogP contribution in [0.4, 0.5) is 5.13 Å². The summed E-state index contributed by atoms with van der Waals surface area (Å²) in [6, 6.07) is 9.74. The summed E-state index contributed by atoms with van der Waals surface area (Å²) < 4.78 is 1.73. The molecular weight excluding hydrogens is 386 g/mol. The molecule has 2 heterocycles. The smallest absolute Gasteiger partial charge is 0.206 e. The van der Waals surface area contributed by atoms with E-state index in [-0.39, 0.29) is 17.1 Å². The third-order valence-corrected chi connectivity index (χ3v) is 6.39. The Hall–Kier alpha value is -2.15. The van der Waals surface area contributed by atoms with Crippen molar-refractivity contribution >= 4 is 55.4 Å². The Bertz CT molecular complexity index is 937. The minimum absolute atomic E-state index is 0.00319. The monoisotopic (exact) mass is 403 g/mol. The second kappa shape index (κ2) is 8.49. The SMILES string of the molecule is CC(C)CNc1nnc(SC/C(O)=C(\C#N)c2nc3ccccc3s2)s1. The van der Waals surface area contributed by atoms with Gasteiger partial charge in [0.05, 0.1) is 16.0 Å². The van der Waals surface area contributed by atoms with Crippen LogP contribution in [0.2, 0.25) is 0 Å². The largest absolute Gasteiger partial charge is 0.510 e. The maximum absolute atomic E-state index is 10.4. The molecule has 0 unspecified atom stereocenters. The average molecular weight is 404 g/mol. The van der Waals surface area contributed by atoms with Crippen molar-refractivity contribution in [2.75, 3.05) is 17.6 Å². The average Bonchev–Trinajstić information content (AvgIpc) is 3.25. The normalized spacial score (nSPS) is 12.2. The van der Waals surface area contributed by atoms with Crippen molar-refractivity contribution in [3.63, 3.8) is 0 Å². The highest BCUT2D eigenvalue weighted by Crippen LogP contribution is 2.31. The van der Waals surface area contributed by atoms with Crippen LogP contribution in [-0.2, 0) is 0 Å². The van der Waals surface area contributed by atoms with Crippen LogP contribution in [0.1, 0.15) is 18.9 Å². The van der Waals surface area contributed by atoms with E-state index in [1.54, 1.807) is 0 Å². The molecule has 26 heavy (non-hydrogen) atoms. The van der Waals surface area contributed by atoms with E-state index >= 15 is 0 Å². The van der Waals surface area contributed by atoms with Crippen LogP contribution in [0.3, 0.4) is 0 Å². The molecule has 3 aromatic rings. The van der Waals surface area contributed by atoms with Gasteiger partial charge in [0.15, 0.2) is 4.34 Å². The van der Waals surface area contributed by atoms with Crippen LogP contribution in [0.15, 0.2) is 34.4 Å². The highest BCUT2D eigenvalue weighted by molar-refractivity contribution is 8.01. The zero-order valence-corrected chi connectivity index (χ0v) is 16.7. The molecule has 134 valence electrons. The van der Waals surface area contributed by atoms with Crippen LogP contribution < -0.4 is 5.32 Å². The van der Waals surface area contributed by atoms with Gasteiger partial charge in [-0.05, 0) is 18.1 Å². The highest BCUT2D eigenvalue weighted by atomic mass is 32.2. The summed E-state index contributed by atoms with van der Waals surface area (Å²) in [5.41, 5.74) is 1.03. The molecule has 2 N–H and O–H groups in total. The fraction of sp³-hybridized carbons (Fsp3) is 0.294. The molecule has 0 spiro atoms. The number of rotatable bonds is 7. The minimum atomic E-state index is 0.00319. The Morgan fingerprint density at radius 2 is 2.12 bits per heavy atom. The van der Waals surface area contributed by atoms with Crippen LogP contribution in [0, 0.1) is 17.2 Å². The zero-order chi connectivity index (χ0) is 18.5. The molecular formula is C17H17N5OS3. The van der Waals surface area contributed by atoms with E-state index in [0.717, 1.165) is 26.2 Å². The lowest BCUT2D eigenvalue weighted by Crippen LogP contribution is -2.07. The second-order valence-corrected chi connectivity index (χ2v) is 9.09. The first-order chi connectivity index (χ1) is 12.6. The first kappa shape index (κ1) is 18.6. The molecule has 0 amide bonds. The van der Waals surface area contributed by atoms with Gasteiger partial charge in [-0.25, -0.2) is 4.98 Å². The molecule has 0 atom stereocenters. The van der Waals surface area contributed by atoms with E-state index in [0.29, 0.717) is 10.9 Å². The Balaban J connectivity index is 1.70. The number of allylic oxidation sites excluding steroid dienone is 1. The van der Waals surface area contributed by atoms with Crippen LogP contribution in [0.5, 0.6) is 0 Å². The molecule has 0 aliphatic carbocycles. The van der Waals surface area contributed by atoms with Crippen molar-refractivity contribution in [1.29, 1.82) is 5.26 Å². The Morgan fingerprint density at radius 1 is 1.31 bits per heavy atom. The summed E-state index contributed by atoms with van der Waals surface area (Å²) in [5.74, 6) is 0.773. The third kappa shape index (κ3) is 4.52. The van der Waals surface area contributed by atoms with Crippen molar-refractivity contribution in [2.45, 2.75) is 18.2 Å². The summed E-state index contributed by atoms with van der Waals surface area (Å²) in [4.78, 5) is 4.44. The summed E-state index contributed by atoms with van der Waals surface area (Å²) in [7, 11) is 0. The van der Waals surface area contributed by atoms with Gasteiger partial charge in [-0.2, -0.15) is 5.26 Å². The number of aliphatic hydroxyl groups excluding tert-OH is 1. The number of para-hydroxylation sites is 1. The summed E-state index contributed by atoms with van der Waals surface area (Å²) in [5, 5.41) is 32.5. The van der Waals surface area contributed by atoms with Crippen molar-refractivity contribution in [1.82, 2.24) is 15.2 Å². The molecule has 0 fully saturated rings. The fourth-order valence-electron chi connectivity index (χ4n) is 2.05. The molecule has 2 aromatic heterocycles. The molecule has 0 radical (unpaired) electrons. The molecule has 3 rings (SSSR count). The number of fused-ring (bicyclic) bond motifs is 1. The number of hydrogen-bond donors (Lipinski definition) is 2. The number of aromatic nitrogens is 3. The number of benzene rings is 1. The standard InChI is InChI=1S/C17H17N5OS3/c1-10(2)8-19-16-21-22-17(26-16)24-9-13(23)11(7-18)15-20-12-5-3-4-6-14(12)25-15/h3-6,10,23H,8-9H2,1-2H3,(H,19,21)/b13-11-. The summed E-state index contributed by atoms with van der Waals surface area (Å²) in [6.45, 7) is 5.08. The Kier molecular flexibility index (Phi) is 6.08. The second-order valence-electron chi connectivity index (χ2n) is 5.86. The maximum Gasteiger partial charge on any atom is 0.206 e. The van der Waals surface area contributed by atoms with Gasteiger partial charge in [-0.3, -0.25) is 0 Å². The number of thioether (sulfide) groups is 1. The van der Waals surface area contributed by atoms with Gasteiger partial charge in [-0.15, -0.1) is 21.5 Å². The van der Waals surface area contributed by atoms with Crippen molar-refractivity contribution < 1.29 is 5.11 Å². The molecule has 6 nitrogen and oxygen atoms in total. The number of nitriles is 1. The van der Waals surface area contributed by atoms with Crippen LogP contribution in [-0.4, -0.2) is 32.6 Å². The lowest BCUT2D eigenvalue weighted by atomic mass is 10.2. The number of thiazole rings is 1. The Morgan fingerprint density at radius 3 is 2.85 bits per heavy atom. The lowest BCUT2D eigenvalue weighted by molar-refractivity contribution is 0.421. The van der Waals surface area contributed by atoms with Gasteiger partial charge >= 0.3 is 0 Å². The molecule has 0 aliphatic rings. The van der Waals surface area contributed by atoms with E-state index in [1.165, 1.54) is 34.4 Å². The minimum Gasteiger partial charge on any atom is -0.510 e. The fourth-order valence-corrected chi connectivity index (χ4v) is 4.67. The molecule has 0 bridgehead atoms. The van der Waals surface area contributed by atoms with E-state index in [4.69, 9.17) is 0 Å². The van der Waals surface area contributed by atoms with Crippen LogP contribution in [0.25, 0.3) is 15.8 Å². The molecule has 0 saturated heterocycles. The number of nitrogens with zero attached hydrogens (tertiary/aromatic N) is 4. The predicted octanol–water partition coefficient (Wildman–Crippen LogP) is 4.80. The van der Waals surface area contributed by atoms with Gasteiger partial charge in [-0.1, -0.05) is 49.1 Å². The first-order valence-corrected chi connectivity index (χ1v) is 10.6. The number of aliphatic hydroxyl groups is 1. The summed E-state index contributed by atoms with van der Waals surface area (Å²) >= 11 is 4.18. The maximum atomic E-state index is 10.4. The van der Waals surface area contributed by atoms with Gasteiger partial charge in [0.25, 0.3) is 0 Å².